The number of rotatable bonds is 2. The van der Waals surface area contributed by atoms with Crippen LogP contribution in [-0.4, -0.2) is 13.0 Å². The highest BCUT2D eigenvalue weighted by Crippen LogP contribution is 1.66. The number of hydrogen-bond donors (Lipinski definition) is 0. The molecular formula is C4H5FO. The number of allylic oxidation sites excluding steroid dienone is 2. The number of aldehydes is 1. The van der Waals surface area contributed by atoms with Gasteiger partial charge in [0.05, 0.1) is 0 Å². The Morgan fingerprint density at radius 2 is 2.33 bits per heavy atom. The summed E-state index contributed by atoms with van der Waals surface area (Å²) in [4.78, 5) is 9.31. The summed E-state index contributed by atoms with van der Waals surface area (Å²) in [6.07, 6.45) is 2.81. The third kappa shape index (κ3) is 3.34. The van der Waals surface area contributed by atoms with Crippen LogP contribution in [0.15, 0.2) is 12.2 Å². The first kappa shape index (κ1) is 5.34. The summed E-state index contributed by atoms with van der Waals surface area (Å²) < 4.78 is 10.9. The third-order valence-corrected chi connectivity index (χ3v) is 0.304. The molecule has 0 rings (SSSR count). The molecule has 0 unspecified atom stereocenters. The average molecular weight is 88.1 g/mol. The maximum absolute atomic E-state index is 10.9. The maximum atomic E-state index is 10.9. The second-order valence-corrected chi connectivity index (χ2v) is 0.719. The number of hydrogen-bond acceptors (Lipinski definition) is 1. The van der Waals surface area contributed by atoms with E-state index >= 15 is 0 Å². The topological polar surface area (TPSA) is 17.1 Å². The van der Waals surface area contributed by atoms with Crippen molar-refractivity contribution in [1.82, 2.24) is 0 Å². The molecule has 2 heteroatoms. The van der Waals surface area contributed by atoms with E-state index in [9.17, 15) is 9.18 Å². The Morgan fingerprint density at radius 1 is 1.67 bits per heavy atom. The summed E-state index contributed by atoms with van der Waals surface area (Å²) in [5.74, 6) is 0. The van der Waals surface area contributed by atoms with Crippen LogP contribution in [0.1, 0.15) is 0 Å². The number of halogens is 1. The minimum atomic E-state index is -0.557. The molecule has 1 nitrogen and oxygen atoms in total. The summed E-state index contributed by atoms with van der Waals surface area (Å²) in [6.45, 7) is -0.557. The molecule has 0 aromatic rings. The van der Waals surface area contributed by atoms with E-state index in [4.69, 9.17) is 0 Å². The van der Waals surface area contributed by atoms with Gasteiger partial charge in [0, 0.05) is 0 Å². The molecular weight excluding hydrogens is 83.0 g/mol. The van der Waals surface area contributed by atoms with E-state index in [-0.39, 0.29) is 0 Å². The predicted molar refractivity (Wildman–Crippen MR) is 21.2 cm³/mol. The number of alkyl halides is 1. The smallest absolute Gasteiger partial charge is 0.142 e. The fourth-order valence-corrected chi connectivity index (χ4v) is 0.107. The van der Waals surface area contributed by atoms with E-state index in [0.717, 1.165) is 12.2 Å². The van der Waals surface area contributed by atoms with Gasteiger partial charge in [-0.05, 0) is 6.08 Å². The first-order valence-electron chi connectivity index (χ1n) is 1.58. The SMILES string of the molecule is O=C/C=C/CF. The van der Waals surface area contributed by atoms with E-state index in [2.05, 4.69) is 0 Å². The highest BCUT2D eigenvalue weighted by Gasteiger charge is 1.61. The molecule has 0 N–H and O–H groups in total. The van der Waals surface area contributed by atoms with Crippen LogP contribution in [0.2, 0.25) is 0 Å². The fraction of sp³-hybridized carbons (Fsp3) is 0.250. The molecule has 0 saturated carbocycles. The van der Waals surface area contributed by atoms with E-state index in [0.29, 0.717) is 6.29 Å². The lowest BCUT2D eigenvalue weighted by Crippen LogP contribution is -1.61. The van der Waals surface area contributed by atoms with Crippen molar-refractivity contribution in [3.8, 4) is 0 Å². The second-order valence-electron chi connectivity index (χ2n) is 0.719. The maximum Gasteiger partial charge on any atom is 0.142 e. The quantitative estimate of drug-likeness (QED) is 0.359. The van der Waals surface area contributed by atoms with Crippen molar-refractivity contribution in [2.75, 3.05) is 6.67 Å². The van der Waals surface area contributed by atoms with Crippen molar-refractivity contribution in [3.05, 3.63) is 12.2 Å². The zero-order valence-electron chi connectivity index (χ0n) is 3.23. The van der Waals surface area contributed by atoms with Gasteiger partial charge in [-0.1, -0.05) is 6.08 Å². The second kappa shape index (κ2) is 4.34. The molecule has 0 aromatic carbocycles. The van der Waals surface area contributed by atoms with Gasteiger partial charge < -0.3 is 0 Å². The molecule has 6 heavy (non-hydrogen) atoms. The Kier molecular flexibility index (Phi) is 3.86. The molecule has 0 amide bonds. The van der Waals surface area contributed by atoms with Crippen LogP contribution in [-0.2, 0) is 4.79 Å². The molecule has 0 aliphatic carbocycles. The first-order valence-corrected chi connectivity index (χ1v) is 1.58. The van der Waals surface area contributed by atoms with Crippen LogP contribution in [0.4, 0.5) is 4.39 Å². The number of carbonyl (C=O) groups is 1. The molecule has 0 saturated heterocycles. The first-order chi connectivity index (χ1) is 2.91. The highest BCUT2D eigenvalue weighted by atomic mass is 19.1. The van der Waals surface area contributed by atoms with Crippen molar-refractivity contribution in [1.29, 1.82) is 0 Å². The van der Waals surface area contributed by atoms with Gasteiger partial charge in [-0.15, -0.1) is 0 Å². The average Bonchev–Trinajstić information content (AvgIpc) is 1.61. The lowest BCUT2D eigenvalue weighted by Gasteiger charge is -1.62. The zero-order chi connectivity index (χ0) is 4.83. The molecule has 34 valence electrons. The molecule has 0 aromatic heterocycles. The Morgan fingerprint density at radius 3 is 2.50 bits per heavy atom. The van der Waals surface area contributed by atoms with Gasteiger partial charge in [-0.25, -0.2) is 4.39 Å². The van der Waals surface area contributed by atoms with Crippen molar-refractivity contribution in [2.45, 2.75) is 0 Å². The van der Waals surface area contributed by atoms with Crippen molar-refractivity contribution < 1.29 is 9.18 Å². The molecule has 0 bridgehead atoms. The zero-order valence-corrected chi connectivity index (χ0v) is 3.23. The minimum Gasteiger partial charge on any atom is -0.299 e. The summed E-state index contributed by atoms with van der Waals surface area (Å²) >= 11 is 0. The van der Waals surface area contributed by atoms with Crippen molar-refractivity contribution >= 4 is 6.29 Å². The van der Waals surface area contributed by atoms with Gasteiger partial charge in [0.15, 0.2) is 0 Å². The summed E-state index contributed by atoms with van der Waals surface area (Å²) in [6, 6.07) is 0. The molecule has 0 aliphatic rings. The lowest BCUT2D eigenvalue weighted by atomic mass is 10.6. The lowest BCUT2D eigenvalue weighted by molar-refractivity contribution is -0.104. The Hall–Kier alpha value is -0.660. The van der Waals surface area contributed by atoms with Crippen molar-refractivity contribution in [3.63, 3.8) is 0 Å². The van der Waals surface area contributed by atoms with Crippen molar-refractivity contribution in [2.24, 2.45) is 0 Å². The van der Waals surface area contributed by atoms with Gasteiger partial charge in [0.2, 0.25) is 0 Å². The minimum absolute atomic E-state index is 0.541. The molecule has 0 aliphatic heterocycles. The monoisotopic (exact) mass is 88.0 g/mol. The summed E-state index contributed by atoms with van der Waals surface area (Å²) in [5, 5.41) is 0. The van der Waals surface area contributed by atoms with Gasteiger partial charge in [0.25, 0.3) is 0 Å². The van der Waals surface area contributed by atoms with E-state index in [1.807, 2.05) is 0 Å². The standard InChI is InChI=1S/C4H5FO/c5-3-1-2-4-6/h1-2,4H,3H2/b2-1+. The molecule has 0 fully saturated rings. The summed E-state index contributed by atoms with van der Waals surface area (Å²) in [7, 11) is 0. The van der Waals surface area contributed by atoms with Gasteiger partial charge in [0.1, 0.15) is 13.0 Å². The third-order valence-electron chi connectivity index (χ3n) is 0.304. The largest absolute Gasteiger partial charge is 0.299 e. The molecule has 0 spiro atoms. The van der Waals surface area contributed by atoms with Crippen LogP contribution >= 0.6 is 0 Å². The predicted octanol–water partition coefficient (Wildman–Crippen LogP) is 0.711. The Bertz CT molecular complexity index is 58.6. The Balaban J connectivity index is 2.94. The molecule has 0 heterocycles. The highest BCUT2D eigenvalue weighted by molar-refractivity contribution is 5.64. The van der Waals surface area contributed by atoms with Crippen LogP contribution in [0.3, 0.4) is 0 Å². The van der Waals surface area contributed by atoms with E-state index in [1.165, 1.54) is 0 Å². The van der Waals surface area contributed by atoms with Gasteiger partial charge in [-0.2, -0.15) is 0 Å². The van der Waals surface area contributed by atoms with Gasteiger partial charge >= 0.3 is 0 Å². The van der Waals surface area contributed by atoms with Crippen LogP contribution in [0.5, 0.6) is 0 Å². The van der Waals surface area contributed by atoms with Crippen LogP contribution in [0, 0.1) is 0 Å². The summed E-state index contributed by atoms with van der Waals surface area (Å²) in [5.41, 5.74) is 0. The van der Waals surface area contributed by atoms with Crippen LogP contribution < -0.4 is 0 Å². The van der Waals surface area contributed by atoms with E-state index < -0.39 is 6.67 Å². The van der Waals surface area contributed by atoms with Crippen LogP contribution in [0.25, 0.3) is 0 Å². The normalized spacial score (nSPS) is 9.50. The van der Waals surface area contributed by atoms with Gasteiger partial charge in [-0.3, -0.25) is 4.79 Å². The number of carbonyl (C=O) groups excluding carboxylic acids is 1. The van der Waals surface area contributed by atoms with E-state index in [1.54, 1.807) is 0 Å². The fourth-order valence-electron chi connectivity index (χ4n) is 0.107. The molecule has 0 atom stereocenters. The molecule has 0 radical (unpaired) electrons. The Labute approximate surface area is 35.5 Å².